The van der Waals surface area contributed by atoms with Gasteiger partial charge in [-0.2, -0.15) is 5.10 Å². The van der Waals surface area contributed by atoms with E-state index >= 15 is 0 Å². The third-order valence-electron chi connectivity index (χ3n) is 5.49. The first-order valence-electron chi connectivity index (χ1n) is 11.2. The Morgan fingerprint density at radius 3 is 2.14 bits per heavy atom. The average molecular weight is 494 g/mol. The zero-order valence-electron chi connectivity index (χ0n) is 20.6. The van der Waals surface area contributed by atoms with E-state index < -0.39 is 22.5 Å². The smallest absolute Gasteiger partial charge is 0.264 e. The van der Waals surface area contributed by atoms with Crippen molar-refractivity contribution in [3.05, 3.63) is 90.0 Å². The number of nitrogens with one attached hydrogen (secondary N) is 1. The van der Waals surface area contributed by atoms with Gasteiger partial charge in [0, 0.05) is 0 Å². The number of rotatable bonds is 8. The molecule has 0 saturated heterocycles. The first-order chi connectivity index (χ1) is 16.5. The second kappa shape index (κ2) is 10.7. The maximum absolute atomic E-state index is 13.5. The van der Waals surface area contributed by atoms with E-state index in [0.717, 1.165) is 9.87 Å². The van der Waals surface area contributed by atoms with Gasteiger partial charge < -0.3 is 4.74 Å². The van der Waals surface area contributed by atoms with E-state index in [2.05, 4.69) is 31.3 Å². The molecule has 1 N–H and O–H groups in total. The van der Waals surface area contributed by atoms with Crippen molar-refractivity contribution in [3.63, 3.8) is 0 Å². The molecule has 184 valence electrons. The van der Waals surface area contributed by atoms with Crippen LogP contribution in [-0.4, -0.2) is 33.7 Å². The van der Waals surface area contributed by atoms with Crippen LogP contribution in [0.2, 0.25) is 0 Å². The largest absolute Gasteiger partial charge is 0.495 e. The lowest BCUT2D eigenvalue weighted by Gasteiger charge is -2.25. The van der Waals surface area contributed by atoms with E-state index in [-0.39, 0.29) is 16.0 Å². The van der Waals surface area contributed by atoms with Gasteiger partial charge in [0.2, 0.25) is 0 Å². The molecular formula is C27H31N3O4S. The predicted molar refractivity (Wildman–Crippen MR) is 139 cm³/mol. The second-order valence-corrected chi connectivity index (χ2v) is 10.9. The molecule has 0 aliphatic heterocycles. The Labute approximate surface area is 207 Å². The lowest BCUT2D eigenvalue weighted by molar-refractivity contribution is -0.119. The SMILES string of the molecule is COc1ccccc1N(CC(=O)N/N=C(/C)c1ccc(C(C)(C)C)cc1)S(=O)(=O)c1ccccc1. The van der Waals surface area contributed by atoms with Gasteiger partial charge in [0.15, 0.2) is 0 Å². The molecule has 3 aromatic rings. The summed E-state index contributed by atoms with van der Waals surface area (Å²) < 4.78 is 33.3. The van der Waals surface area contributed by atoms with E-state index in [9.17, 15) is 13.2 Å². The van der Waals surface area contributed by atoms with Crippen LogP contribution in [0, 0.1) is 0 Å². The van der Waals surface area contributed by atoms with Crippen LogP contribution in [-0.2, 0) is 20.2 Å². The van der Waals surface area contributed by atoms with E-state index in [1.165, 1.54) is 24.8 Å². The molecule has 0 aliphatic rings. The Kier molecular flexibility index (Phi) is 7.96. The van der Waals surface area contributed by atoms with Crippen LogP contribution in [0.5, 0.6) is 5.75 Å². The molecule has 1 amide bonds. The summed E-state index contributed by atoms with van der Waals surface area (Å²) in [6.45, 7) is 7.73. The van der Waals surface area contributed by atoms with Crippen molar-refractivity contribution in [1.82, 2.24) is 5.43 Å². The van der Waals surface area contributed by atoms with Gasteiger partial charge in [0.1, 0.15) is 12.3 Å². The second-order valence-electron chi connectivity index (χ2n) is 9.06. The third kappa shape index (κ3) is 6.27. The number of carbonyl (C=O) groups excluding carboxylic acids is 1. The standard InChI is InChI=1S/C27H31N3O4S/c1-20(21-15-17-22(18-16-21)27(2,3)4)28-29-26(31)19-30(24-13-9-10-14-25(24)34-5)35(32,33)23-11-7-6-8-12-23/h6-18H,19H2,1-5H3,(H,29,31)/b28-20-. The summed E-state index contributed by atoms with van der Waals surface area (Å²) in [7, 11) is -2.60. The number of sulfonamides is 1. The minimum absolute atomic E-state index is 0.0317. The summed E-state index contributed by atoms with van der Waals surface area (Å²) in [4.78, 5) is 12.9. The Bertz CT molecular complexity index is 1300. The molecule has 0 fully saturated rings. The molecule has 0 saturated carbocycles. The molecule has 0 unspecified atom stereocenters. The van der Waals surface area contributed by atoms with Crippen molar-refractivity contribution in [1.29, 1.82) is 0 Å². The summed E-state index contributed by atoms with van der Waals surface area (Å²) in [6, 6.07) is 22.6. The van der Waals surface area contributed by atoms with Crippen LogP contribution < -0.4 is 14.5 Å². The molecule has 0 radical (unpaired) electrons. The quantitative estimate of drug-likeness (QED) is 0.363. The average Bonchev–Trinajstić information content (AvgIpc) is 2.85. The summed E-state index contributed by atoms with van der Waals surface area (Å²) in [5.74, 6) is -0.250. The number of hydrogen-bond acceptors (Lipinski definition) is 5. The van der Waals surface area contributed by atoms with E-state index in [0.29, 0.717) is 11.5 Å². The third-order valence-corrected chi connectivity index (χ3v) is 7.26. The number of ether oxygens (including phenoxy) is 1. The van der Waals surface area contributed by atoms with Gasteiger partial charge >= 0.3 is 0 Å². The highest BCUT2D eigenvalue weighted by Gasteiger charge is 2.29. The summed E-state index contributed by atoms with van der Waals surface area (Å²) in [5, 5.41) is 4.19. The summed E-state index contributed by atoms with van der Waals surface area (Å²) in [6.07, 6.45) is 0. The number of anilines is 1. The predicted octanol–water partition coefficient (Wildman–Crippen LogP) is 4.73. The molecule has 0 heterocycles. The number of methoxy groups -OCH3 is 1. The van der Waals surface area contributed by atoms with Gasteiger partial charge in [-0.25, -0.2) is 13.8 Å². The fraction of sp³-hybridized carbons (Fsp3) is 0.259. The van der Waals surface area contributed by atoms with Crippen molar-refractivity contribution >= 4 is 27.3 Å². The highest BCUT2D eigenvalue weighted by atomic mass is 32.2. The Morgan fingerprint density at radius 1 is 0.943 bits per heavy atom. The molecule has 35 heavy (non-hydrogen) atoms. The fourth-order valence-electron chi connectivity index (χ4n) is 3.44. The highest BCUT2D eigenvalue weighted by molar-refractivity contribution is 7.92. The van der Waals surface area contributed by atoms with Gasteiger partial charge in [0.05, 0.1) is 23.4 Å². The van der Waals surface area contributed by atoms with Gasteiger partial charge in [-0.3, -0.25) is 9.10 Å². The Hall–Kier alpha value is -3.65. The topological polar surface area (TPSA) is 88.1 Å². The molecule has 0 aromatic heterocycles. The summed E-state index contributed by atoms with van der Waals surface area (Å²) >= 11 is 0. The Balaban J connectivity index is 1.86. The number of hydrazone groups is 1. The van der Waals surface area contributed by atoms with E-state index in [4.69, 9.17) is 4.74 Å². The van der Waals surface area contributed by atoms with Gasteiger partial charge in [-0.05, 0) is 47.7 Å². The number of carbonyl (C=O) groups is 1. The van der Waals surface area contributed by atoms with Gasteiger partial charge in [-0.15, -0.1) is 0 Å². The minimum atomic E-state index is -4.05. The van der Waals surface area contributed by atoms with Crippen molar-refractivity contribution in [2.75, 3.05) is 18.0 Å². The van der Waals surface area contributed by atoms with Gasteiger partial charge in [0.25, 0.3) is 15.9 Å². The molecule has 0 aliphatic carbocycles. The Morgan fingerprint density at radius 2 is 1.54 bits per heavy atom. The molecule has 0 bridgehead atoms. The normalized spacial score (nSPS) is 12.2. The van der Waals surface area contributed by atoms with Crippen LogP contribution in [0.1, 0.15) is 38.8 Å². The van der Waals surface area contributed by atoms with Crippen molar-refractivity contribution in [3.8, 4) is 5.75 Å². The zero-order chi connectivity index (χ0) is 25.6. The molecule has 3 aromatic carbocycles. The molecule has 0 atom stereocenters. The lowest BCUT2D eigenvalue weighted by Crippen LogP contribution is -2.40. The number of benzene rings is 3. The zero-order valence-corrected chi connectivity index (χ0v) is 21.5. The molecule has 0 spiro atoms. The van der Waals surface area contributed by atoms with Crippen molar-refractivity contribution in [2.24, 2.45) is 5.10 Å². The van der Waals surface area contributed by atoms with Crippen LogP contribution in [0.15, 0.2) is 88.9 Å². The van der Waals surface area contributed by atoms with Crippen molar-refractivity contribution in [2.45, 2.75) is 38.0 Å². The molecular weight excluding hydrogens is 462 g/mol. The molecule has 7 nitrogen and oxygen atoms in total. The maximum atomic E-state index is 13.5. The first kappa shape index (κ1) is 26.0. The van der Waals surface area contributed by atoms with Crippen LogP contribution in [0.25, 0.3) is 0 Å². The van der Waals surface area contributed by atoms with Crippen LogP contribution >= 0.6 is 0 Å². The van der Waals surface area contributed by atoms with Crippen LogP contribution in [0.4, 0.5) is 5.69 Å². The summed E-state index contributed by atoms with van der Waals surface area (Å²) in [5.41, 5.74) is 5.43. The lowest BCUT2D eigenvalue weighted by atomic mass is 9.86. The van der Waals surface area contributed by atoms with E-state index in [1.807, 2.05) is 24.3 Å². The monoisotopic (exact) mass is 493 g/mol. The van der Waals surface area contributed by atoms with E-state index in [1.54, 1.807) is 49.4 Å². The number of hydrogen-bond donors (Lipinski definition) is 1. The fourth-order valence-corrected chi connectivity index (χ4v) is 4.90. The highest BCUT2D eigenvalue weighted by Crippen LogP contribution is 2.32. The van der Waals surface area contributed by atoms with Crippen molar-refractivity contribution < 1.29 is 17.9 Å². The first-order valence-corrected chi connectivity index (χ1v) is 12.6. The maximum Gasteiger partial charge on any atom is 0.264 e. The molecule has 8 heteroatoms. The minimum Gasteiger partial charge on any atom is -0.495 e. The van der Waals surface area contributed by atoms with Gasteiger partial charge in [-0.1, -0.05) is 75.4 Å². The number of para-hydroxylation sites is 2. The number of nitrogens with zero attached hydrogens (tertiary/aromatic N) is 2. The molecule has 3 rings (SSSR count). The van der Waals surface area contributed by atoms with Crippen LogP contribution in [0.3, 0.4) is 0 Å². The number of amides is 1.